The zero-order valence-electron chi connectivity index (χ0n) is 70.6. The molecular weight excluding hydrogens is 1720 g/mol. The van der Waals surface area contributed by atoms with Gasteiger partial charge in [0.25, 0.3) is 0 Å². The number of rotatable bonds is 22. The second-order valence-corrected chi connectivity index (χ2v) is 34.6. The number of phenolic OH excluding ortho intramolecular Hbond substituents is 4. The number of halogens is 2. The lowest BCUT2D eigenvalue weighted by Gasteiger charge is -2.41. The minimum absolute atomic E-state index is 0.0773. The van der Waals surface area contributed by atoms with Gasteiger partial charge in [-0.25, -0.2) is 0 Å². The van der Waals surface area contributed by atoms with E-state index in [9.17, 15) is 80.8 Å². The molecule has 39 heteroatoms. The second-order valence-electron chi connectivity index (χ2n) is 33.8. The highest BCUT2D eigenvalue weighted by molar-refractivity contribution is 6.32. The van der Waals surface area contributed by atoms with Crippen molar-refractivity contribution in [3.8, 4) is 80.1 Å². The van der Waals surface area contributed by atoms with Crippen LogP contribution in [0, 0.1) is 17.8 Å². The van der Waals surface area contributed by atoms with Gasteiger partial charge in [0.05, 0.1) is 34.2 Å². The molecule has 10 unspecified atom stereocenters. The molecular formula is C90H104Cl2N10O27. The molecule has 7 aromatic rings. The van der Waals surface area contributed by atoms with Crippen LogP contribution >= 0.6 is 23.2 Å². The highest BCUT2D eigenvalue weighted by Gasteiger charge is 2.51. The third-order valence-corrected chi connectivity index (χ3v) is 24.4. The molecule has 22 N–H and O–H groups in total. The number of carbonyl (C=O) groups excluding carboxylic acids is 8. The molecule has 0 radical (unpaired) electrons. The van der Waals surface area contributed by atoms with Gasteiger partial charge in [-0.15, -0.1) is 0 Å². The molecule has 0 aromatic heterocycles. The van der Waals surface area contributed by atoms with Crippen molar-refractivity contribution < 1.29 is 133 Å². The molecule has 15 rings (SSSR count). The first-order valence-electron chi connectivity index (χ1n) is 42.3. The maximum Gasteiger partial charge on any atom is 0.309 e. The third kappa shape index (κ3) is 21.4. The molecule has 2 fully saturated rings. The van der Waals surface area contributed by atoms with Crippen LogP contribution in [0.3, 0.4) is 0 Å². The summed E-state index contributed by atoms with van der Waals surface area (Å²) in [4.78, 5) is 141. The first-order valence-corrected chi connectivity index (χ1v) is 43.1. The smallest absolute Gasteiger partial charge is 0.309 e. The molecule has 0 spiro atoms. The van der Waals surface area contributed by atoms with Gasteiger partial charge in [-0.2, -0.15) is 0 Å². The zero-order valence-corrected chi connectivity index (χ0v) is 72.2. The number of benzene rings is 7. The highest BCUT2D eigenvalue weighted by Crippen LogP contribution is 2.51. The van der Waals surface area contributed by atoms with Crippen molar-refractivity contribution in [1.82, 2.24) is 52.8 Å². The average Bonchev–Trinajstić information content (AvgIpc) is 0.759. The predicted molar refractivity (Wildman–Crippen MR) is 460 cm³/mol. The van der Waals surface area contributed by atoms with Crippen LogP contribution in [0.4, 0.5) is 0 Å². The lowest BCUT2D eigenvalue weighted by molar-refractivity contribution is -0.160. The van der Waals surface area contributed by atoms with Crippen LogP contribution in [-0.4, -0.2) is 226 Å². The molecule has 0 saturated heterocycles. The van der Waals surface area contributed by atoms with Gasteiger partial charge in [0, 0.05) is 55.2 Å². The van der Waals surface area contributed by atoms with E-state index in [1.165, 1.54) is 43.4 Å². The van der Waals surface area contributed by atoms with E-state index in [0.717, 1.165) is 111 Å². The van der Waals surface area contributed by atoms with Crippen LogP contribution in [0.15, 0.2) is 115 Å². The number of aromatic hydroxyl groups is 4. The Morgan fingerprint density at radius 3 is 1.70 bits per heavy atom. The van der Waals surface area contributed by atoms with Crippen LogP contribution in [0.1, 0.15) is 166 Å². The van der Waals surface area contributed by atoms with Gasteiger partial charge in [0.2, 0.25) is 53.0 Å². The van der Waals surface area contributed by atoms with Gasteiger partial charge < -0.3 is 143 Å². The summed E-state index contributed by atoms with van der Waals surface area (Å²) in [6.45, 7) is 3.86. The van der Waals surface area contributed by atoms with E-state index in [-0.39, 0.29) is 52.5 Å². The highest BCUT2D eigenvalue weighted by atomic mass is 35.5. The number of phenols is 4. The summed E-state index contributed by atoms with van der Waals surface area (Å²) < 4.78 is 33.2. The Morgan fingerprint density at radius 2 is 1.09 bits per heavy atom. The number of aliphatic hydroxyl groups is 8. The summed E-state index contributed by atoms with van der Waals surface area (Å²) >= 11 is 14.5. The number of hydrogen-bond donors (Lipinski definition) is 22. The molecule has 6 heterocycles. The van der Waals surface area contributed by atoms with Gasteiger partial charge in [-0.3, -0.25) is 43.2 Å². The summed E-state index contributed by atoms with van der Waals surface area (Å²) in [6.07, 6.45) is -12.8. The molecule has 8 aliphatic rings. The number of carbonyl (C=O) groups is 9. The molecule has 7 aromatic carbocycles. The Kier molecular flexibility index (Phi) is 30.0. The van der Waals surface area contributed by atoms with Crippen molar-refractivity contribution in [2.45, 2.75) is 188 Å². The SMILES string of the molecule is CN[C@H]1C(=O)N[C@H]2C(=O)N[C@H](C(=O)N[C@H]3C(=O)N[C@H]4C(=O)N[C@@H](C(=O)N[C@H](C(=O)NCCCN(C)C)c5cc(O)cc(OC6CC(CO)C(O)C(O)C6O)c5-c5cc4ccc5O)[C@H](O)c4ccc(c(Cl)c4)Oc4cc3cc(c4OC3CC(C(=O)O)C(O)C(O)C3NC(=O)CCCCCCCCC(C)C)Oc3ccc(cc3Cl)[C@H]2O)c2cc(O)cc(c2)Oc2cc1ccc2O. The number of fused-ring (bicyclic) bond motifs is 14. The number of aliphatic hydroxyl groups excluding tert-OH is 8. The van der Waals surface area contributed by atoms with E-state index < -0.39 is 277 Å². The van der Waals surface area contributed by atoms with Crippen molar-refractivity contribution in [2.24, 2.45) is 17.8 Å². The molecule has 690 valence electrons. The number of unbranched alkanes of at least 4 members (excludes halogenated alkanes) is 5. The molecule has 17 bridgehead atoms. The molecule has 37 nitrogen and oxygen atoms in total. The Morgan fingerprint density at radius 1 is 0.527 bits per heavy atom. The summed E-state index contributed by atoms with van der Waals surface area (Å²) in [5.74, 6) is -20.4. The van der Waals surface area contributed by atoms with E-state index in [1.54, 1.807) is 14.1 Å². The lowest BCUT2D eigenvalue weighted by atomic mass is 9.79. The van der Waals surface area contributed by atoms with Gasteiger partial charge in [0.15, 0.2) is 23.0 Å². The number of aliphatic carboxylic acids is 1. The van der Waals surface area contributed by atoms with Gasteiger partial charge >= 0.3 is 5.97 Å². The van der Waals surface area contributed by atoms with E-state index in [4.69, 9.17) is 46.9 Å². The summed E-state index contributed by atoms with van der Waals surface area (Å²) in [6, 6.07) is 4.42. The number of amides is 8. The van der Waals surface area contributed by atoms with E-state index in [1.807, 2.05) is 4.90 Å². The minimum atomic E-state index is -2.45. The number of likely N-dealkylation sites (N-methyl/N-ethyl adjacent to an activating group) is 1. The summed E-state index contributed by atoms with van der Waals surface area (Å²) in [7, 11) is 4.92. The predicted octanol–water partition coefficient (Wildman–Crippen LogP) is 4.99. The maximum absolute atomic E-state index is 16.9. The van der Waals surface area contributed by atoms with Crippen molar-refractivity contribution in [3.63, 3.8) is 0 Å². The molecule has 2 saturated carbocycles. The van der Waals surface area contributed by atoms with Crippen LogP contribution in [-0.2, 0) is 43.2 Å². The topological polar surface area (TPSA) is 574 Å². The molecule has 129 heavy (non-hydrogen) atoms. The van der Waals surface area contributed by atoms with Crippen molar-refractivity contribution in [1.29, 1.82) is 0 Å². The van der Waals surface area contributed by atoms with Crippen LogP contribution < -0.4 is 71.5 Å². The Balaban J connectivity index is 1.05. The van der Waals surface area contributed by atoms with E-state index in [0.29, 0.717) is 31.7 Å². The van der Waals surface area contributed by atoms with E-state index in [2.05, 4.69) is 61.7 Å². The van der Waals surface area contributed by atoms with Crippen LogP contribution in [0.2, 0.25) is 10.0 Å². The first kappa shape index (κ1) is 94.8. The quantitative estimate of drug-likeness (QED) is 0.0398. The van der Waals surface area contributed by atoms with Crippen molar-refractivity contribution in [3.05, 3.63) is 164 Å². The number of ether oxygens (including phenoxy) is 5. The third-order valence-electron chi connectivity index (χ3n) is 23.9. The largest absolute Gasteiger partial charge is 0.508 e. The van der Waals surface area contributed by atoms with Gasteiger partial charge in [0.1, 0.15) is 125 Å². The number of hydrogen-bond acceptors (Lipinski definition) is 28. The number of carboxylic acid groups (broad SMARTS) is 1. The summed E-state index contributed by atoms with van der Waals surface area (Å²) in [5.41, 5.74) is -2.93. The van der Waals surface area contributed by atoms with Crippen molar-refractivity contribution in [2.75, 3.05) is 40.8 Å². The minimum Gasteiger partial charge on any atom is -0.508 e. The fourth-order valence-electron chi connectivity index (χ4n) is 16.9. The number of nitrogens with one attached hydrogen (secondary N) is 9. The number of nitrogens with zero attached hydrogens (tertiary/aromatic N) is 1. The maximum atomic E-state index is 16.9. The Hall–Kier alpha value is -11.9. The Bertz CT molecular complexity index is 5400. The molecule has 2 aliphatic carbocycles. The average molecular weight is 1830 g/mol. The fourth-order valence-corrected chi connectivity index (χ4v) is 17.3. The number of carboxylic acids is 1. The van der Waals surface area contributed by atoms with Crippen LogP contribution in [0.25, 0.3) is 11.1 Å². The standard InChI is InChI=1S/C90H104Cl2N10O27/c1-39(2)13-10-8-6-7-9-11-14-65(108)95-72-61(37-52(90(123)124)78(112)80(72)114)129-82-63-31-45-32-64(82)127-58-22-18-43(29-54(58)92)76(110)74-89(122)99-71(83(116)94-23-12-24-102(4)5)51-35-48(105)36-60(128-62-33-46(38-103)77(111)81(115)79(62)113)66(51)50-27-40(15-19-55(50)106)68(85(118)101-74)96-87(120)70(45)97-86(119)69-44-25-47(104)34-49(26-44)125-59-30-41(16-20-56(59)107)67(93-3)84(117)100-73(88(121)98-69)75(109)42-17-21-57(126-63)53(91)28-42/h15-22,25-32,34-36,39,46,52,61-62,67-81,93,103-107,109-115H,6-14,23-24,33,37-38H2,1-5H3,(H,94,116)(H,95,108)(H,96,120)(H,97,119)(H,98,121)(H,99,122)(H,100,117)(H,101,118)(H,123,124)/t46?,52?,61?,62?,67-,68-,69+,70-,71+,72?,73-,74-,75-,76-,77?,78?,79?,80?,81?/m1/s1. The van der Waals surface area contributed by atoms with Gasteiger partial charge in [-0.1, -0.05) is 99.8 Å². The Labute approximate surface area is 749 Å². The first-order chi connectivity index (χ1) is 61.5. The molecule has 8 amide bonds. The fraction of sp³-hybridized carbons (Fsp3) is 0.433. The summed E-state index contributed by atoms with van der Waals surface area (Å²) in [5, 5.41) is 175. The second kappa shape index (κ2) is 40.9. The molecule has 6 aliphatic heterocycles. The van der Waals surface area contributed by atoms with Crippen LogP contribution in [0.5, 0.6) is 69.0 Å². The van der Waals surface area contributed by atoms with E-state index >= 15 is 28.8 Å². The molecule has 19 atom stereocenters. The van der Waals surface area contributed by atoms with Gasteiger partial charge in [-0.05, 0) is 171 Å². The lowest BCUT2D eigenvalue weighted by Crippen LogP contribution is -2.63. The normalized spacial score (nSPS) is 26.3. The zero-order chi connectivity index (χ0) is 92.8. The van der Waals surface area contributed by atoms with Crippen molar-refractivity contribution >= 4 is 76.4 Å². The monoisotopic (exact) mass is 1830 g/mol.